The summed E-state index contributed by atoms with van der Waals surface area (Å²) in [5, 5.41) is 2.63. The van der Waals surface area contributed by atoms with Crippen molar-refractivity contribution in [2.45, 2.75) is 18.4 Å². The lowest BCUT2D eigenvalue weighted by Gasteiger charge is -2.23. The minimum Gasteiger partial charge on any atom is -0.322 e. The Labute approximate surface area is 169 Å². The normalized spacial score (nSPS) is 16.0. The van der Waals surface area contributed by atoms with Crippen LogP contribution >= 0.6 is 0 Å². The second-order valence-electron chi connectivity index (χ2n) is 6.48. The molecule has 0 saturated heterocycles. The van der Waals surface area contributed by atoms with Crippen LogP contribution < -0.4 is 5.32 Å². The fourth-order valence-corrected chi connectivity index (χ4v) is 4.41. The molecule has 0 spiro atoms. The number of benzene rings is 2. The number of rotatable bonds is 5. The van der Waals surface area contributed by atoms with Gasteiger partial charge >= 0.3 is 10.2 Å². The van der Waals surface area contributed by atoms with Crippen LogP contribution in [-0.2, 0) is 31.4 Å². The van der Waals surface area contributed by atoms with E-state index in [4.69, 9.17) is 0 Å². The van der Waals surface area contributed by atoms with E-state index in [1.165, 1.54) is 37.4 Å². The van der Waals surface area contributed by atoms with Gasteiger partial charge in [-0.05, 0) is 36.8 Å². The van der Waals surface area contributed by atoms with Crippen LogP contribution in [-0.4, -0.2) is 39.0 Å². The lowest BCUT2D eigenvalue weighted by molar-refractivity contribution is -0.112. The van der Waals surface area contributed by atoms with Crippen molar-refractivity contribution in [3.8, 4) is 0 Å². The van der Waals surface area contributed by atoms with Crippen LogP contribution in [0.5, 0.6) is 0 Å². The van der Waals surface area contributed by atoms with Gasteiger partial charge in [0.05, 0.1) is 22.7 Å². The lowest BCUT2D eigenvalue weighted by Crippen LogP contribution is -2.32. The van der Waals surface area contributed by atoms with Crippen molar-refractivity contribution < 1.29 is 21.6 Å². The summed E-state index contributed by atoms with van der Waals surface area (Å²) in [6.07, 6.45) is 2.35. The minimum atomic E-state index is -3.93. The predicted molar refractivity (Wildman–Crippen MR) is 110 cm³/mol. The molecule has 1 amide bonds. The van der Waals surface area contributed by atoms with Crippen LogP contribution in [0.3, 0.4) is 0 Å². The van der Waals surface area contributed by atoms with Crippen LogP contribution in [0.4, 0.5) is 5.69 Å². The summed E-state index contributed by atoms with van der Waals surface area (Å²) < 4.78 is 52.5. The average molecular weight is 434 g/mol. The van der Waals surface area contributed by atoms with Crippen molar-refractivity contribution in [3.63, 3.8) is 0 Å². The molecule has 1 aliphatic heterocycles. The summed E-state index contributed by atoms with van der Waals surface area (Å²) >= 11 is 0. The standard InChI is InChI=1S/C19H19N3O5S2/c1-14-18(19(23)20-16-8-10-17(11-9-16)28(2,24)25)13-22(29(26,27)21-14)12-15-6-4-3-5-7-15/h3-11,13H,12H2,1-2H3,(H,20,23). The topological polar surface area (TPSA) is 113 Å². The quantitative estimate of drug-likeness (QED) is 0.776. The fourth-order valence-electron chi connectivity index (χ4n) is 2.68. The summed E-state index contributed by atoms with van der Waals surface area (Å²) in [5.41, 5.74) is 1.29. The highest BCUT2D eigenvalue weighted by Gasteiger charge is 2.28. The van der Waals surface area contributed by atoms with E-state index in [0.29, 0.717) is 5.69 Å². The van der Waals surface area contributed by atoms with Crippen molar-refractivity contribution in [2.24, 2.45) is 4.40 Å². The molecule has 0 saturated carbocycles. The Bertz CT molecular complexity index is 1200. The minimum absolute atomic E-state index is 0.0415. The first kappa shape index (κ1) is 20.7. The van der Waals surface area contributed by atoms with Gasteiger partial charge in [0.25, 0.3) is 5.91 Å². The maximum Gasteiger partial charge on any atom is 0.344 e. The first-order valence-corrected chi connectivity index (χ1v) is 11.8. The van der Waals surface area contributed by atoms with E-state index in [0.717, 1.165) is 16.1 Å². The van der Waals surface area contributed by atoms with Gasteiger partial charge in [-0.1, -0.05) is 30.3 Å². The van der Waals surface area contributed by atoms with Crippen LogP contribution in [0.25, 0.3) is 0 Å². The lowest BCUT2D eigenvalue weighted by atomic mass is 10.1. The Morgan fingerprint density at radius 2 is 1.69 bits per heavy atom. The Hall–Kier alpha value is -2.98. The first-order valence-electron chi connectivity index (χ1n) is 8.52. The molecule has 10 heteroatoms. The van der Waals surface area contributed by atoms with E-state index in [1.54, 1.807) is 24.3 Å². The van der Waals surface area contributed by atoms with E-state index in [-0.39, 0.29) is 22.7 Å². The van der Waals surface area contributed by atoms with E-state index in [1.807, 2.05) is 6.07 Å². The Morgan fingerprint density at radius 3 is 2.28 bits per heavy atom. The first-order chi connectivity index (χ1) is 13.6. The van der Waals surface area contributed by atoms with Crippen LogP contribution in [0, 0.1) is 0 Å². The summed E-state index contributed by atoms with van der Waals surface area (Å²) in [7, 11) is -7.28. The molecule has 8 nitrogen and oxygen atoms in total. The molecule has 0 atom stereocenters. The van der Waals surface area contributed by atoms with Gasteiger partial charge < -0.3 is 5.32 Å². The van der Waals surface area contributed by atoms with Crippen molar-refractivity contribution in [1.29, 1.82) is 0 Å². The summed E-state index contributed by atoms with van der Waals surface area (Å²) in [6, 6.07) is 14.6. The number of nitrogens with one attached hydrogen (secondary N) is 1. The third-order valence-corrected chi connectivity index (χ3v) is 6.64. The smallest absolute Gasteiger partial charge is 0.322 e. The SMILES string of the molecule is CC1=NS(=O)(=O)N(Cc2ccccc2)C=C1C(=O)Nc1ccc(S(C)(=O)=O)cc1. The largest absolute Gasteiger partial charge is 0.344 e. The van der Waals surface area contributed by atoms with Gasteiger partial charge in [-0.3, -0.25) is 9.10 Å². The highest BCUT2D eigenvalue weighted by molar-refractivity contribution is 7.90. The van der Waals surface area contributed by atoms with Gasteiger partial charge in [0.15, 0.2) is 9.84 Å². The summed E-state index contributed by atoms with van der Waals surface area (Å²) in [5.74, 6) is -0.550. The Balaban J connectivity index is 1.84. The van der Waals surface area contributed by atoms with E-state index >= 15 is 0 Å². The number of nitrogens with zero attached hydrogens (tertiary/aromatic N) is 2. The maximum absolute atomic E-state index is 12.7. The number of hydrogen-bond acceptors (Lipinski definition) is 5. The third kappa shape index (κ3) is 4.90. The Kier molecular flexibility index (Phi) is 5.58. The molecule has 29 heavy (non-hydrogen) atoms. The summed E-state index contributed by atoms with van der Waals surface area (Å²) in [6.45, 7) is 1.48. The summed E-state index contributed by atoms with van der Waals surface area (Å²) in [4.78, 5) is 12.8. The zero-order chi connectivity index (χ0) is 21.2. The van der Waals surface area contributed by atoms with Gasteiger partial charge in [-0.2, -0.15) is 8.42 Å². The third-order valence-electron chi connectivity index (χ3n) is 4.18. The molecule has 1 heterocycles. The van der Waals surface area contributed by atoms with Crippen LogP contribution in [0.1, 0.15) is 12.5 Å². The molecule has 0 radical (unpaired) electrons. The number of sulfone groups is 1. The zero-order valence-electron chi connectivity index (χ0n) is 15.7. The molecule has 0 fully saturated rings. The predicted octanol–water partition coefficient (Wildman–Crippen LogP) is 2.13. The maximum atomic E-state index is 12.7. The molecule has 0 bridgehead atoms. The molecule has 0 unspecified atom stereocenters. The highest BCUT2D eigenvalue weighted by Crippen LogP contribution is 2.21. The number of carbonyl (C=O) groups excluding carboxylic acids is 1. The van der Waals surface area contributed by atoms with Crippen LogP contribution in [0.2, 0.25) is 0 Å². The zero-order valence-corrected chi connectivity index (χ0v) is 17.4. The molecule has 1 aliphatic rings. The van der Waals surface area contributed by atoms with Gasteiger partial charge in [-0.15, -0.1) is 4.40 Å². The van der Waals surface area contributed by atoms with Crippen molar-refractivity contribution >= 4 is 37.4 Å². The molecular weight excluding hydrogens is 414 g/mol. The average Bonchev–Trinajstić information content (AvgIpc) is 2.64. The second kappa shape index (κ2) is 7.80. The molecule has 152 valence electrons. The monoisotopic (exact) mass is 433 g/mol. The van der Waals surface area contributed by atoms with Crippen molar-refractivity contribution in [3.05, 3.63) is 71.9 Å². The molecule has 1 N–H and O–H groups in total. The molecular formula is C19H19N3O5S2. The molecule has 2 aromatic rings. The van der Waals surface area contributed by atoms with E-state index in [2.05, 4.69) is 9.71 Å². The molecule has 2 aromatic carbocycles. The molecule has 0 aliphatic carbocycles. The van der Waals surface area contributed by atoms with E-state index in [9.17, 15) is 21.6 Å². The van der Waals surface area contributed by atoms with Gasteiger partial charge in [-0.25, -0.2) is 8.42 Å². The van der Waals surface area contributed by atoms with Crippen LogP contribution in [0.15, 0.2) is 75.7 Å². The van der Waals surface area contributed by atoms with Gasteiger partial charge in [0, 0.05) is 18.1 Å². The number of anilines is 1. The highest BCUT2D eigenvalue weighted by atomic mass is 32.2. The number of amides is 1. The molecule has 3 rings (SSSR count). The van der Waals surface area contributed by atoms with Crippen molar-refractivity contribution in [1.82, 2.24) is 4.31 Å². The number of carbonyl (C=O) groups is 1. The fraction of sp³-hybridized carbons (Fsp3) is 0.158. The second-order valence-corrected chi connectivity index (χ2v) is 10.0. The van der Waals surface area contributed by atoms with Gasteiger partial charge in [0.2, 0.25) is 0 Å². The van der Waals surface area contributed by atoms with E-state index < -0.39 is 26.0 Å². The van der Waals surface area contributed by atoms with Gasteiger partial charge in [0.1, 0.15) is 0 Å². The van der Waals surface area contributed by atoms with Crippen molar-refractivity contribution in [2.75, 3.05) is 11.6 Å². The Morgan fingerprint density at radius 1 is 1.07 bits per heavy atom. The molecule has 0 aromatic heterocycles. The number of hydrogen-bond donors (Lipinski definition) is 1.